The monoisotopic (exact) mass is 249 g/mol. The number of nitrogens with zero attached hydrogens (tertiary/aromatic N) is 7. The fourth-order valence-electron chi connectivity index (χ4n) is 2.15. The fraction of sp³-hybridized carbons (Fsp3) is 0.600. The Kier molecular flexibility index (Phi) is 3.03. The first-order valence-corrected chi connectivity index (χ1v) is 6.00. The van der Waals surface area contributed by atoms with Crippen molar-refractivity contribution in [3.63, 3.8) is 0 Å². The number of rotatable bonds is 3. The molecule has 1 saturated heterocycles. The maximum absolute atomic E-state index is 8.90. The van der Waals surface area contributed by atoms with E-state index in [-0.39, 0.29) is 6.61 Å². The molecule has 1 N–H and O–H groups in total. The largest absolute Gasteiger partial charge is 0.395 e. The molecule has 18 heavy (non-hydrogen) atoms. The second-order valence-electron chi connectivity index (χ2n) is 4.27. The summed E-state index contributed by atoms with van der Waals surface area (Å²) in [6, 6.07) is 3.80. The molecule has 2 aromatic heterocycles. The first kappa shape index (κ1) is 11.3. The molecule has 1 aliphatic heterocycles. The van der Waals surface area contributed by atoms with Crippen molar-refractivity contribution in [1.29, 1.82) is 0 Å². The summed E-state index contributed by atoms with van der Waals surface area (Å²) in [5.41, 5.74) is 0.651. The lowest BCUT2D eigenvalue weighted by molar-refractivity contribution is 0.188. The van der Waals surface area contributed by atoms with Crippen LogP contribution in [0.25, 0.3) is 5.65 Å². The number of aromatic nitrogens is 5. The van der Waals surface area contributed by atoms with E-state index in [0.717, 1.165) is 38.5 Å². The van der Waals surface area contributed by atoms with E-state index in [1.54, 1.807) is 0 Å². The van der Waals surface area contributed by atoms with Crippen molar-refractivity contribution in [2.24, 2.45) is 0 Å². The number of anilines is 1. The molecule has 0 spiro atoms. The predicted octanol–water partition coefficient (Wildman–Crippen LogP) is -1.37. The molecule has 0 atom stereocenters. The Hall–Kier alpha value is -1.80. The van der Waals surface area contributed by atoms with Crippen LogP contribution in [0, 0.1) is 0 Å². The molecule has 0 radical (unpaired) electrons. The van der Waals surface area contributed by atoms with Gasteiger partial charge in [-0.1, -0.05) is 0 Å². The standard InChI is InChI=1S/C10H15N7O/c18-8-7-15-3-5-16(6-4-15)10-2-1-9-11-13-14-17(9)12-10/h1-2,18H,3-8H2. The van der Waals surface area contributed by atoms with Crippen LogP contribution < -0.4 is 4.90 Å². The Balaban J connectivity index is 1.71. The minimum atomic E-state index is 0.217. The second kappa shape index (κ2) is 4.83. The minimum Gasteiger partial charge on any atom is -0.395 e. The molecule has 8 heteroatoms. The third kappa shape index (κ3) is 2.12. The van der Waals surface area contributed by atoms with E-state index in [1.165, 1.54) is 4.63 Å². The van der Waals surface area contributed by atoms with Crippen LogP contribution in [0.15, 0.2) is 12.1 Å². The number of hydrogen-bond donors (Lipinski definition) is 1. The number of piperazine rings is 1. The van der Waals surface area contributed by atoms with Gasteiger partial charge in [-0.15, -0.1) is 14.8 Å². The van der Waals surface area contributed by atoms with E-state index < -0.39 is 0 Å². The van der Waals surface area contributed by atoms with E-state index in [4.69, 9.17) is 5.11 Å². The number of β-amino-alcohol motifs (C(OH)–C–C–N with tert-alkyl or cyclic N) is 1. The van der Waals surface area contributed by atoms with Crippen molar-refractivity contribution < 1.29 is 5.11 Å². The van der Waals surface area contributed by atoms with Crippen molar-refractivity contribution in [2.75, 3.05) is 44.2 Å². The van der Waals surface area contributed by atoms with Crippen LogP contribution in [0.1, 0.15) is 0 Å². The van der Waals surface area contributed by atoms with Gasteiger partial charge < -0.3 is 10.0 Å². The molecule has 0 amide bonds. The third-order valence-corrected chi connectivity index (χ3v) is 3.17. The van der Waals surface area contributed by atoms with Crippen molar-refractivity contribution >= 4 is 11.5 Å². The highest BCUT2D eigenvalue weighted by molar-refractivity contribution is 5.44. The fourth-order valence-corrected chi connectivity index (χ4v) is 2.15. The van der Waals surface area contributed by atoms with E-state index in [9.17, 15) is 0 Å². The van der Waals surface area contributed by atoms with Gasteiger partial charge >= 0.3 is 0 Å². The highest BCUT2D eigenvalue weighted by atomic mass is 16.3. The topological polar surface area (TPSA) is 82.7 Å². The first-order valence-electron chi connectivity index (χ1n) is 6.00. The van der Waals surface area contributed by atoms with Gasteiger partial charge in [0.05, 0.1) is 6.61 Å². The highest BCUT2D eigenvalue weighted by Gasteiger charge is 2.18. The summed E-state index contributed by atoms with van der Waals surface area (Å²) in [6.07, 6.45) is 0. The molecule has 1 fully saturated rings. The average Bonchev–Trinajstić information content (AvgIpc) is 2.87. The predicted molar refractivity (Wildman–Crippen MR) is 64.3 cm³/mol. The van der Waals surface area contributed by atoms with Gasteiger partial charge in [-0.25, -0.2) is 0 Å². The normalized spacial score (nSPS) is 17.5. The summed E-state index contributed by atoms with van der Waals surface area (Å²) < 4.78 is 1.44. The van der Waals surface area contributed by atoms with Gasteiger partial charge in [-0.3, -0.25) is 4.90 Å². The van der Waals surface area contributed by atoms with Crippen LogP contribution in [0.2, 0.25) is 0 Å². The number of hydrogen-bond acceptors (Lipinski definition) is 7. The lowest BCUT2D eigenvalue weighted by Gasteiger charge is -2.34. The van der Waals surface area contributed by atoms with Crippen LogP contribution in [-0.4, -0.2) is 74.6 Å². The molecule has 0 unspecified atom stereocenters. The molecule has 0 saturated carbocycles. The number of fused-ring (bicyclic) bond motifs is 1. The number of aliphatic hydroxyl groups is 1. The Labute approximate surface area is 104 Å². The molecule has 3 rings (SSSR count). The first-order chi connectivity index (χ1) is 8.86. The minimum absolute atomic E-state index is 0.217. The molecule has 1 aliphatic rings. The zero-order chi connectivity index (χ0) is 12.4. The van der Waals surface area contributed by atoms with Crippen LogP contribution in [-0.2, 0) is 0 Å². The molecule has 0 aromatic carbocycles. The molecule has 8 nitrogen and oxygen atoms in total. The van der Waals surface area contributed by atoms with Gasteiger partial charge in [0.25, 0.3) is 0 Å². The SMILES string of the molecule is OCCN1CCN(c2ccc3nnnn3n2)CC1. The Morgan fingerprint density at radius 1 is 1.17 bits per heavy atom. The van der Waals surface area contributed by atoms with Gasteiger partial charge in [-0.05, 0) is 22.6 Å². The van der Waals surface area contributed by atoms with Gasteiger partial charge in [0.15, 0.2) is 11.5 Å². The van der Waals surface area contributed by atoms with Gasteiger partial charge in [0.1, 0.15) is 0 Å². The van der Waals surface area contributed by atoms with Gasteiger partial charge in [0, 0.05) is 32.7 Å². The van der Waals surface area contributed by atoms with E-state index in [1.807, 2.05) is 12.1 Å². The summed E-state index contributed by atoms with van der Waals surface area (Å²) in [6.45, 7) is 4.65. The molecule has 2 aromatic rings. The maximum Gasteiger partial charge on any atom is 0.200 e. The van der Waals surface area contributed by atoms with Gasteiger partial charge in [-0.2, -0.15) is 0 Å². The average molecular weight is 249 g/mol. The Morgan fingerprint density at radius 2 is 2.00 bits per heavy atom. The van der Waals surface area contributed by atoms with E-state index >= 15 is 0 Å². The zero-order valence-corrected chi connectivity index (χ0v) is 9.98. The van der Waals surface area contributed by atoms with Crippen LogP contribution in [0.4, 0.5) is 5.82 Å². The lowest BCUT2D eigenvalue weighted by atomic mass is 10.3. The van der Waals surface area contributed by atoms with Crippen LogP contribution >= 0.6 is 0 Å². The Bertz CT molecular complexity index is 520. The summed E-state index contributed by atoms with van der Waals surface area (Å²) in [4.78, 5) is 4.45. The summed E-state index contributed by atoms with van der Waals surface area (Å²) in [5.74, 6) is 0.887. The molecule has 0 aliphatic carbocycles. The summed E-state index contributed by atoms with van der Waals surface area (Å²) in [7, 11) is 0. The van der Waals surface area contributed by atoms with Crippen LogP contribution in [0.3, 0.4) is 0 Å². The van der Waals surface area contributed by atoms with Crippen molar-refractivity contribution in [1.82, 2.24) is 30.2 Å². The van der Waals surface area contributed by atoms with Gasteiger partial charge in [0.2, 0.25) is 0 Å². The molecule has 0 bridgehead atoms. The smallest absolute Gasteiger partial charge is 0.200 e. The third-order valence-electron chi connectivity index (χ3n) is 3.17. The van der Waals surface area contributed by atoms with Crippen molar-refractivity contribution in [3.8, 4) is 0 Å². The second-order valence-corrected chi connectivity index (χ2v) is 4.27. The maximum atomic E-state index is 8.90. The van der Waals surface area contributed by atoms with Crippen molar-refractivity contribution in [3.05, 3.63) is 12.1 Å². The van der Waals surface area contributed by atoms with Crippen molar-refractivity contribution in [2.45, 2.75) is 0 Å². The summed E-state index contributed by atoms with van der Waals surface area (Å²) in [5, 5.41) is 24.5. The molecule has 3 heterocycles. The molecular formula is C10H15N7O. The Morgan fingerprint density at radius 3 is 2.78 bits per heavy atom. The number of aliphatic hydroxyl groups excluding tert-OH is 1. The highest BCUT2D eigenvalue weighted by Crippen LogP contribution is 2.13. The zero-order valence-electron chi connectivity index (χ0n) is 9.98. The molecule has 96 valence electrons. The van der Waals surface area contributed by atoms with E-state index in [2.05, 4.69) is 30.4 Å². The van der Waals surface area contributed by atoms with Crippen LogP contribution in [0.5, 0.6) is 0 Å². The molecular weight excluding hydrogens is 234 g/mol. The quantitative estimate of drug-likeness (QED) is 0.718. The number of tetrazole rings is 1. The van der Waals surface area contributed by atoms with E-state index in [0.29, 0.717) is 5.65 Å². The summed E-state index contributed by atoms with van der Waals surface area (Å²) >= 11 is 0. The lowest BCUT2D eigenvalue weighted by Crippen LogP contribution is -2.47.